The highest BCUT2D eigenvalue weighted by Gasteiger charge is 2.26. The molecule has 4 heterocycles. The van der Waals surface area contributed by atoms with Crippen LogP contribution in [0.4, 0.5) is 11.1 Å². The van der Waals surface area contributed by atoms with Crippen LogP contribution in [0.2, 0.25) is 0 Å². The molecule has 1 fully saturated rings. The first-order valence-corrected chi connectivity index (χ1v) is 9.34. The molecule has 1 atom stereocenters. The summed E-state index contributed by atoms with van der Waals surface area (Å²) in [6, 6.07) is 2.31. The SMILES string of the molecule is Cc1cnc(Nc2nccc([C@H]3CCCCN3Cc3ncc[nH]3)n2)s1. The van der Waals surface area contributed by atoms with Crippen LogP contribution in [0.25, 0.3) is 0 Å². The van der Waals surface area contributed by atoms with E-state index >= 15 is 0 Å². The largest absolute Gasteiger partial charge is 0.348 e. The van der Waals surface area contributed by atoms with Crippen molar-refractivity contribution in [3.63, 3.8) is 0 Å². The Bertz CT molecular complexity index is 814. The third-order valence-corrected chi connectivity index (χ3v) is 5.21. The van der Waals surface area contributed by atoms with Crippen LogP contribution in [-0.2, 0) is 6.54 Å². The molecule has 2 N–H and O–H groups in total. The third kappa shape index (κ3) is 3.85. The summed E-state index contributed by atoms with van der Waals surface area (Å²) in [7, 11) is 0. The van der Waals surface area contributed by atoms with E-state index in [2.05, 4.69) is 30.2 Å². The van der Waals surface area contributed by atoms with Crippen molar-refractivity contribution in [2.45, 2.75) is 38.8 Å². The molecule has 7 nitrogen and oxygen atoms in total. The monoisotopic (exact) mass is 355 g/mol. The second-order valence-electron chi connectivity index (χ2n) is 6.22. The maximum Gasteiger partial charge on any atom is 0.229 e. The van der Waals surface area contributed by atoms with Gasteiger partial charge in [-0.3, -0.25) is 4.90 Å². The van der Waals surface area contributed by atoms with Crippen molar-refractivity contribution in [3.05, 3.63) is 47.2 Å². The molecular weight excluding hydrogens is 334 g/mol. The Hall–Kier alpha value is -2.32. The molecule has 3 aromatic rings. The number of hydrogen-bond donors (Lipinski definition) is 2. The number of aromatic amines is 1. The van der Waals surface area contributed by atoms with Crippen LogP contribution in [0.3, 0.4) is 0 Å². The van der Waals surface area contributed by atoms with Crippen molar-refractivity contribution >= 4 is 22.4 Å². The van der Waals surface area contributed by atoms with Gasteiger partial charge in [-0.05, 0) is 32.4 Å². The Labute approximate surface area is 150 Å². The molecule has 1 saturated heterocycles. The molecule has 0 amide bonds. The van der Waals surface area contributed by atoms with E-state index in [1.807, 2.05) is 31.6 Å². The number of rotatable bonds is 5. The van der Waals surface area contributed by atoms with E-state index in [0.717, 1.165) is 41.0 Å². The van der Waals surface area contributed by atoms with Gasteiger partial charge in [0.25, 0.3) is 0 Å². The number of aromatic nitrogens is 5. The number of aryl methyl sites for hydroxylation is 1. The Morgan fingerprint density at radius 2 is 2.24 bits per heavy atom. The lowest BCUT2D eigenvalue weighted by Gasteiger charge is -2.34. The number of H-pyrrole nitrogens is 1. The van der Waals surface area contributed by atoms with Crippen molar-refractivity contribution in [1.29, 1.82) is 0 Å². The minimum atomic E-state index is 0.292. The zero-order valence-electron chi connectivity index (χ0n) is 14.1. The summed E-state index contributed by atoms with van der Waals surface area (Å²) in [5, 5.41) is 4.04. The van der Waals surface area contributed by atoms with E-state index in [4.69, 9.17) is 4.98 Å². The molecule has 8 heteroatoms. The van der Waals surface area contributed by atoms with Crippen LogP contribution in [-0.4, -0.2) is 36.4 Å². The lowest BCUT2D eigenvalue weighted by Crippen LogP contribution is -2.33. The molecule has 0 unspecified atom stereocenters. The molecule has 1 aliphatic rings. The van der Waals surface area contributed by atoms with E-state index < -0.39 is 0 Å². The van der Waals surface area contributed by atoms with Crippen molar-refractivity contribution in [2.75, 3.05) is 11.9 Å². The molecule has 3 aromatic heterocycles. The minimum Gasteiger partial charge on any atom is -0.348 e. The maximum atomic E-state index is 4.75. The number of piperidine rings is 1. The van der Waals surface area contributed by atoms with Crippen LogP contribution in [0.1, 0.15) is 41.7 Å². The summed E-state index contributed by atoms with van der Waals surface area (Å²) >= 11 is 1.60. The lowest BCUT2D eigenvalue weighted by molar-refractivity contribution is 0.134. The van der Waals surface area contributed by atoms with Crippen molar-refractivity contribution in [2.24, 2.45) is 0 Å². The molecule has 130 valence electrons. The third-order valence-electron chi connectivity index (χ3n) is 4.38. The number of imidazole rings is 1. The van der Waals surface area contributed by atoms with E-state index in [1.165, 1.54) is 12.8 Å². The Morgan fingerprint density at radius 3 is 3.04 bits per heavy atom. The highest BCUT2D eigenvalue weighted by atomic mass is 32.1. The molecule has 4 rings (SSSR count). The predicted octanol–water partition coefficient (Wildman–Crippen LogP) is 3.44. The number of nitrogens with one attached hydrogen (secondary N) is 2. The van der Waals surface area contributed by atoms with Gasteiger partial charge in [-0.25, -0.2) is 19.9 Å². The standard InChI is InChI=1S/C17H21N7S/c1-12-10-21-17(25-12)23-16-20-6-5-13(22-16)14-4-2-3-9-24(14)11-15-18-7-8-19-15/h5-8,10,14H,2-4,9,11H2,1H3,(H,18,19)(H,20,21,22,23)/t14-/m1/s1. The van der Waals surface area contributed by atoms with Gasteiger partial charge in [-0.1, -0.05) is 6.42 Å². The first-order valence-electron chi connectivity index (χ1n) is 8.52. The van der Waals surface area contributed by atoms with Crippen molar-refractivity contribution in [1.82, 2.24) is 29.8 Å². The van der Waals surface area contributed by atoms with Gasteiger partial charge < -0.3 is 10.3 Å². The van der Waals surface area contributed by atoms with Gasteiger partial charge in [-0.2, -0.15) is 0 Å². The molecule has 1 aliphatic heterocycles. The maximum absolute atomic E-state index is 4.75. The molecule has 0 saturated carbocycles. The van der Waals surface area contributed by atoms with Gasteiger partial charge in [-0.15, -0.1) is 11.3 Å². The van der Waals surface area contributed by atoms with E-state index in [1.54, 1.807) is 17.5 Å². The fraction of sp³-hybridized carbons (Fsp3) is 0.412. The Kier molecular flexibility index (Phi) is 4.71. The fourth-order valence-corrected chi connectivity index (χ4v) is 3.88. The van der Waals surface area contributed by atoms with Gasteiger partial charge >= 0.3 is 0 Å². The summed E-state index contributed by atoms with van der Waals surface area (Å²) < 4.78 is 0. The van der Waals surface area contributed by atoms with Gasteiger partial charge in [0.1, 0.15) is 5.82 Å². The van der Waals surface area contributed by atoms with E-state index in [0.29, 0.717) is 12.0 Å². The molecule has 0 spiro atoms. The van der Waals surface area contributed by atoms with Crippen LogP contribution in [0.5, 0.6) is 0 Å². The van der Waals surface area contributed by atoms with E-state index in [9.17, 15) is 0 Å². The zero-order chi connectivity index (χ0) is 17.1. The first-order chi connectivity index (χ1) is 12.3. The van der Waals surface area contributed by atoms with Gasteiger partial charge in [0.2, 0.25) is 5.95 Å². The fourth-order valence-electron chi connectivity index (χ4n) is 3.22. The molecule has 25 heavy (non-hydrogen) atoms. The average Bonchev–Trinajstić information content (AvgIpc) is 3.27. The predicted molar refractivity (Wildman–Crippen MR) is 97.8 cm³/mol. The van der Waals surface area contributed by atoms with Gasteiger partial charge in [0.05, 0.1) is 18.3 Å². The number of thiazole rings is 1. The number of nitrogens with zero attached hydrogens (tertiary/aromatic N) is 5. The highest BCUT2D eigenvalue weighted by Crippen LogP contribution is 2.31. The Morgan fingerprint density at radius 1 is 1.28 bits per heavy atom. The first kappa shape index (κ1) is 16.2. The molecule has 0 aromatic carbocycles. The molecule has 0 bridgehead atoms. The Balaban J connectivity index is 1.53. The van der Waals surface area contributed by atoms with Crippen LogP contribution < -0.4 is 5.32 Å². The smallest absolute Gasteiger partial charge is 0.229 e. The minimum absolute atomic E-state index is 0.292. The van der Waals surface area contributed by atoms with Gasteiger partial charge in [0.15, 0.2) is 5.13 Å². The number of likely N-dealkylation sites (tertiary alicyclic amines) is 1. The normalized spacial score (nSPS) is 18.4. The summed E-state index contributed by atoms with van der Waals surface area (Å²) in [6.07, 6.45) is 10.9. The van der Waals surface area contributed by atoms with Crippen molar-refractivity contribution < 1.29 is 0 Å². The lowest BCUT2D eigenvalue weighted by atomic mass is 9.99. The zero-order valence-corrected chi connectivity index (χ0v) is 15.0. The summed E-state index contributed by atoms with van der Waals surface area (Å²) in [5.41, 5.74) is 1.05. The molecule has 0 aliphatic carbocycles. The van der Waals surface area contributed by atoms with Crippen molar-refractivity contribution in [3.8, 4) is 0 Å². The highest BCUT2D eigenvalue weighted by molar-refractivity contribution is 7.15. The summed E-state index contributed by atoms with van der Waals surface area (Å²) in [4.78, 5) is 24.6. The second-order valence-corrected chi connectivity index (χ2v) is 7.46. The topological polar surface area (TPSA) is 82.6 Å². The molecular formula is C17H21N7S. The van der Waals surface area contributed by atoms with E-state index in [-0.39, 0.29) is 0 Å². The van der Waals surface area contributed by atoms with Crippen LogP contribution >= 0.6 is 11.3 Å². The number of hydrogen-bond acceptors (Lipinski definition) is 7. The quantitative estimate of drug-likeness (QED) is 0.729. The summed E-state index contributed by atoms with van der Waals surface area (Å²) in [5.74, 6) is 1.60. The second kappa shape index (κ2) is 7.28. The van der Waals surface area contributed by atoms with Gasteiger partial charge in [0, 0.05) is 29.7 Å². The van der Waals surface area contributed by atoms with Crippen LogP contribution in [0, 0.1) is 6.92 Å². The molecule has 0 radical (unpaired) electrons. The van der Waals surface area contributed by atoms with Crippen LogP contribution in [0.15, 0.2) is 30.9 Å². The average molecular weight is 355 g/mol. The number of anilines is 2. The summed E-state index contributed by atoms with van der Waals surface area (Å²) in [6.45, 7) is 3.91.